The van der Waals surface area contributed by atoms with E-state index in [-0.39, 0.29) is 25.7 Å². The van der Waals surface area contributed by atoms with Gasteiger partial charge in [0.25, 0.3) is 0 Å². The van der Waals surface area contributed by atoms with Gasteiger partial charge in [-0.2, -0.15) is 0 Å². The Morgan fingerprint density at radius 2 is 0.573 bits per heavy atom. The van der Waals surface area contributed by atoms with Crippen molar-refractivity contribution in [2.24, 2.45) is 17.8 Å². The van der Waals surface area contributed by atoms with Crippen LogP contribution < -0.4 is 0 Å². The smallest absolute Gasteiger partial charge is 0.462 e. The molecule has 17 nitrogen and oxygen atoms in total. The normalized spacial score (nSPS) is 14.5. The highest BCUT2D eigenvalue weighted by atomic mass is 31.2. The van der Waals surface area contributed by atoms with Gasteiger partial charge in [0.1, 0.15) is 19.3 Å². The molecule has 6 atom stereocenters. The summed E-state index contributed by atoms with van der Waals surface area (Å²) in [4.78, 5) is 72.5. The van der Waals surface area contributed by atoms with Gasteiger partial charge in [0.05, 0.1) is 26.4 Å². The third-order valence-corrected chi connectivity index (χ3v) is 18.4. The first-order valence-electron chi connectivity index (χ1n) is 36.4. The first-order chi connectivity index (χ1) is 42.8. The standard InChI is InChI=1S/C70H136O17P2/c1-8-10-11-12-13-14-15-16-17-18-19-22-26-29-39-46-53-69(74)86-65(57-80-67(72)51-44-37-28-25-23-20-21-24-27-34-41-48-61(3)4)59-84-88(76,77)82-55-64(71)56-83-89(78,79)85-60-66(58-81-68(73)52-45-38-32-30-35-42-49-62(5)6)87-70(75)54-47-40-33-31-36-43-50-63(7)9-2/h61-66,71H,8-60H2,1-7H3,(H,76,77)(H,78,79)/t63?,64-,65-,66-/m1/s1. The Morgan fingerprint density at radius 1 is 0.326 bits per heavy atom. The van der Waals surface area contributed by atoms with Crippen LogP contribution in [0.1, 0.15) is 350 Å². The molecule has 0 aromatic rings. The first kappa shape index (κ1) is 87.1. The number of esters is 4. The zero-order valence-electron chi connectivity index (χ0n) is 57.9. The number of phosphoric acid groups is 2. The maximum atomic E-state index is 13.0. The molecule has 3 N–H and O–H groups in total. The molecule has 0 amide bonds. The van der Waals surface area contributed by atoms with Crippen LogP contribution in [0, 0.1) is 17.8 Å². The van der Waals surface area contributed by atoms with Crippen molar-refractivity contribution in [3.05, 3.63) is 0 Å². The fourth-order valence-electron chi connectivity index (χ4n) is 10.5. The molecule has 19 heteroatoms. The van der Waals surface area contributed by atoms with Crippen LogP contribution in [-0.2, 0) is 65.4 Å². The molecule has 0 saturated heterocycles. The Balaban J connectivity index is 5.24. The molecule has 528 valence electrons. The minimum Gasteiger partial charge on any atom is -0.462 e. The molecule has 0 aromatic carbocycles. The second-order valence-electron chi connectivity index (χ2n) is 26.5. The molecule has 0 fully saturated rings. The van der Waals surface area contributed by atoms with Gasteiger partial charge in [0.15, 0.2) is 12.2 Å². The number of aliphatic hydroxyl groups is 1. The lowest BCUT2D eigenvalue weighted by atomic mass is 10.00. The van der Waals surface area contributed by atoms with E-state index in [1.54, 1.807) is 0 Å². The highest BCUT2D eigenvalue weighted by molar-refractivity contribution is 7.47. The summed E-state index contributed by atoms with van der Waals surface area (Å²) >= 11 is 0. The summed E-state index contributed by atoms with van der Waals surface area (Å²) in [5.74, 6) is 0.0404. The lowest BCUT2D eigenvalue weighted by molar-refractivity contribution is -0.161. The fraction of sp³-hybridized carbons (Fsp3) is 0.943. The lowest BCUT2D eigenvalue weighted by Crippen LogP contribution is -2.30. The van der Waals surface area contributed by atoms with Gasteiger partial charge in [-0.05, 0) is 43.4 Å². The molecular weight excluding hydrogens is 1170 g/mol. The van der Waals surface area contributed by atoms with E-state index in [0.717, 1.165) is 108 Å². The minimum atomic E-state index is -4.95. The second-order valence-corrected chi connectivity index (χ2v) is 29.4. The molecule has 0 rings (SSSR count). The summed E-state index contributed by atoms with van der Waals surface area (Å²) in [6, 6.07) is 0. The number of phosphoric ester groups is 2. The second kappa shape index (κ2) is 61.0. The van der Waals surface area contributed by atoms with Gasteiger partial charge in [-0.25, -0.2) is 9.13 Å². The molecule has 0 aliphatic carbocycles. The summed E-state index contributed by atoms with van der Waals surface area (Å²) in [7, 11) is -9.90. The maximum Gasteiger partial charge on any atom is 0.472 e. The van der Waals surface area contributed by atoms with Gasteiger partial charge in [-0.1, -0.05) is 299 Å². The monoisotopic (exact) mass is 1310 g/mol. The van der Waals surface area contributed by atoms with Crippen molar-refractivity contribution in [2.75, 3.05) is 39.6 Å². The lowest BCUT2D eigenvalue weighted by Gasteiger charge is -2.21. The van der Waals surface area contributed by atoms with Crippen LogP contribution in [0.4, 0.5) is 0 Å². The minimum absolute atomic E-state index is 0.102. The summed E-state index contributed by atoms with van der Waals surface area (Å²) in [5.41, 5.74) is 0. The molecule has 0 spiro atoms. The maximum absolute atomic E-state index is 13.0. The van der Waals surface area contributed by atoms with E-state index in [0.29, 0.717) is 31.6 Å². The molecule has 0 saturated carbocycles. The molecule has 0 aromatic heterocycles. The van der Waals surface area contributed by atoms with Crippen LogP contribution >= 0.6 is 15.6 Å². The number of hydrogen-bond donors (Lipinski definition) is 3. The summed E-state index contributed by atoms with van der Waals surface area (Å²) in [6.45, 7) is 11.7. The third kappa shape index (κ3) is 63.2. The van der Waals surface area contributed by atoms with Crippen LogP contribution in [0.5, 0.6) is 0 Å². The Bertz CT molecular complexity index is 1750. The summed E-state index contributed by atoms with van der Waals surface area (Å²) in [5, 5.41) is 10.6. The SMILES string of the molecule is CCCCCCCCCCCCCCCCCCC(=O)O[C@H](COC(=O)CCCCCCCCCCCCCC(C)C)COP(=O)(O)OC[C@@H](O)COP(=O)(O)OC[C@@H](COC(=O)CCCCCCCCC(C)C)OC(=O)CCCCCCCCC(C)CC. The average Bonchev–Trinajstić information content (AvgIpc) is 3.62. The number of carbonyl (C=O) groups is 4. The van der Waals surface area contributed by atoms with Crippen molar-refractivity contribution in [1.29, 1.82) is 0 Å². The Morgan fingerprint density at radius 3 is 0.854 bits per heavy atom. The number of hydrogen-bond acceptors (Lipinski definition) is 15. The van der Waals surface area contributed by atoms with Crippen LogP contribution in [0.2, 0.25) is 0 Å². The van der Waals surface area contributed by atoms with E-state index >= 15 is 0 Å². The zero-order valence-corrected chi connectivity index (χ0v) is 59.7. The van der Waals surface area contributed by atoms with E-state index in [1.165, 1.54) is 154 Å². The highest BCUT2D eigenvalue weighted by Crippen LogP contribution is 2.45. The topological polar surface area (TPSA) is 237 Å². The van der Waals surface area contributed by atoms with Crippen LogP contribution in [-0.4, -0.2) is 96.7 Å². The molecule has 3 unspecified atom stereocenters. The fourth-order valence-corrected chi connectivity index (χ4v) is 12.1. The summed E-state index contributed by atoms with van der Waals surface area (Å²) in [6.07, 6.45) is 44.6. The van der Waals surface area contributed by atoms with Crippen molar-refractivity contribution in [2.45, 2.75) is 369 Å². The predicted molar refractivity (Wildman–Crippen MR) is 358 cm³/mol. The van der Waals surface area contributed by atoms with Gasteiger partial charge in [-0.15, -0.1) is 0 Å². The van der Waals surface area contributed by atoms with Crippen molar-refractivity contribution in [3.8, 4) is 0 Å². The Labute approximate surface area is 543 Å². The number of aliphatic hydroxyl groups excluding tert-OH is 1. The first-order valence-corrected chi connectivity index (χ1v) is 39.4. The van der Waals surface area contributed by atoms with Crippen LogP contribution in [0.15, 0.2) is 0 Å². The average molecular weight is 1310 g/mol. The van der Waals surface area contributed by atoms with Gasteiger partial charge in [0.2, 0.25) is 0 Å². The molecule has 0 bridgehead atoms. The Kier molecular flexibility index (Phi) is 59.6. The number of unbranched alkanes of at least 4 members (excludes halogenated alkanes) is 35. The molecule has 0 aliphatic rings. The quantitative estimate of drug-likeness (QED) is 0.0222. The van der Waals surface area contributed by atoms with Crippen LogP contribution in [0.3, 0.4) is 0 Å². The highest BCUT2D eigenvalue weighted by Gasteiger charge is 2.30. The number of carbonyl (C=O) groups excluding carboxylic acids is 4. The van der Waals surface area contributed by atoms with Gasteiger partial charge in [0, 0.05) is 25.7 Å². The van der Waals surface area contributed by atoms with Gasteiger partial charge in [-0.3, -0.25) is 37.3 Å². The van der Waals surface area contributed by atoms with Crippen molar-refractivity contribution in [3.63, 3.8) is 0 Å². The molecule has 0 radical (unpaired) electrons. The van der Waals surface area contributed by atoms with Crippen molar-refractivity contribution < 1.29 is 80.2 Å². The molecule has 0 aliphatic heterocycles. The number of ether oxygens (including phenoxy) is 4. The number of rotatable bonds is 68. The van der Waals surface area contributed by atoms with Gasteiger partial charge < -0.3 is 33.8 Å². The van der Waals surface area contributed by atoms with Crippen molar-refractivity contribution >= 4 is 39.5 Å². The third-order valence-electron chi connectivity index (χ3n) is 16.5. The molecule has 0 heterocycles. The van der Waals surface area contributed by atoms with Gasteiger partial charge >= 0.3 is 39.5 Å². The molecule has 89 heavy (non-hydrogen) atoms. The summed E-state index contributed by atoms with van der Waals surface area (Å²) < 4.78 is 68.2. The van der Waals surface area contributed by atoms with E-state index in [2.05, 4.69) is 48.5 Å². The van der Waals surface area contributed by atoms with Crippen LogP contribution in [0.25, 0.3) is 0 Å². The van der Waals surface area contributed by atoms with E-state index in [9.17, 15) is 43.2 Å². The van der Waals surface area contributed by atoms with E-state index in [1.807, 2.05) is 0 Å². The zero-order chi connectivity index (χ0) is 65.9. The van der Waals surface area contributed by atoms with E-state index in [4.69, 9.17) is 37.0 Å². The Hall–Kier alpha value is -1.94. The van der Waals surface area contributed by atoms with Crippen molar-refractivity contribution in [1.82, 2.24) is 0 Å². The largest absolute Gasteiger partial charge is 0.472 e. The van der Waals surface area contributed by atoms with E-state index < -0.39 is 97.5 Å². The predicted octanol–water partition coefficient (Wildman–Crippen LogP) is 19.8. The molecular formula is C70H136O17P2.